The summed E-state index contributed by atoms with van der Waals surface area (Å²) >= 11 is 0. The molecule has 0 radical (unpaired) electrons. The van der Waals surface area contributed by atoms with Crippen LogP contribution in [0.2, 0.25) is 0 Å². The number of carbonyl (C=O) groups is 1. The van der Waals surface area contributed by atoms with E-state index in [1.54, 1.807) is 0 Å². The zero-order chi connectivity index (χ0) is 20.5. The summed E-state index contributed by atoms with van der Waals surface area (Å²) in [5, 5.41) is 0. The normalized spacial score (nSPS) is 18.7. The van der Waals surface area contributed by atoms with Crippen LogP contribution >= 0.6 is 0 Å². The van der Waals surface area contributed by atoms with Crippen molar-refractivity contribution in [1.29, 1.82) is 0 Å². The number of benzene rings is 2. The minimum atomic E-state index is -3.27. The molecule has 0 amide bonds. The van der Waals surface area contributed by atoms with Gasteiger partial charge >= 0.3 is 0 Å². The topological polar surface area (TPSA) is 51.2 Å². The van der Waals surface area contributed by atoms with Gasteiger partial charge in [-0.2, -0.15) is 0 Å². The Hall–Kier alpha value is -1.94. The van der Waals surface area contributed by atoms with E-state index in [1.807, 2.05) is 49.4 Å². The molecule has 2 aromatic carbocycles. The van der Waals surface area contributed by atoms with Crippen molar-refractivity contribution in [2.75, 3.05) is 0 Å². The molecule has 0 aliphatic heterocycles. The second-order valence-electron chi connectivity index (χ2n) is 8.81. The Morgan fingerprint density at radius 2 is 1.61 bits per heavy atom. The Bertz CT molecular complexity index is 969. The van der Waals surface area contributed by atoms with Crippen molar-refractivity contribution in [3.05, 3.63) is 70.3 Å². The predicted octanol–water partition coefficient (Wildman–Crippen LogP) is 5.24. The summed E-state index contributed by atoms with van der Waals surface area (Å²) < 4.78 is 25.5. The number of sulfone groups is 1. The smallest absolute Gasteiger partial charge is 0.158 e. The van der Waals surface area contributed by atoms with Crippen LogP contribution in [0.4, 0.5) is 0 Å². The fraction of sp³-hybridized carbons (Fsp3) is 0.458. The van der Waals surface area contributed by atoms with Gasteiger partial charge in [0.25, 0.3) is 0 Å². The minimum absolute atomic E-state index is 0.0244. The molecule has 150 valence electrons. The molecule has 0 saturated carbocycles. The van der Waals surface area contributed by atoms with E-state index in [4.69, 9.17) is 0 Å². The SMILES string of the molecule is CCCC1C(=O)CC(C)(C)c2cc(CS(=O)(=O)Cc3ccc(C)cc3)ccc21. The third-order valence-electron chi connectivity index (χ3n) is 5.70. The summed E-state index contributed by atoms with van der Waals surface area (Å²) in [5.74, 6) is 0.326. The monoisotopic (exact) mass is 398 g/mol. The fourth-order valence-electron chi connectivity index (χ4n) is 4.26. The molecule has 0 fully saturated rings. The lowest BCUT2D eigenvalue weighted by molar-refractivity contribution is -0.122. The van der Waals surface area contributed by atoms with Gasteiger partial charge in [-0.05, 0) is 41.0 Å². The molecule has 0 N–H and O–H groups in total. The molecule has 2 aromatic rings. The predicted molar refractivity (Wildman–Crippen MR) is 114 cm³/mol. The Morgan fingerprint density at radius 3 is 2.25 bits per heavy atom. The first-order valence-electron chi connectivity index (χ1n) is 10.0. The largest absolute Gasteiger partial charge is 0.299 e. The van der Waals surface area contributed by atoms with Gasteiger partial charge in [0.1, 0.15) is 5.78 Å². The molecule has 1 unspecified atom stereocenters. The third kappa shape index (κ3) is 4.54. The number of hydrogen-bond acceptors (Lipinski definition) is 3. The highest BCUT2D eigenvalue weighted by atomic mass is 32.2. The summed E-state index contributed by atoms with van der Waals surface area (Å²) in [6.45, 7) is 8.25. The first-order valence-corrected chi connectivity index (χ1v) is 11.9. The molecule has 0 aromatic heterocycles. The molecule has 0 heterocycles. The van der Waals surface area contributed by atoms with Crippen molar-refractivity contribution >= 4 is 15.6 Å². The van der Waals surface area contributed by atoms with E-state index < -0.39 is 9.84 Å². The van der Waals surface area contributed by atoms with Crippen molar-refractivity contribution < 1.29 is 13.2 Å². The molecule has 1 aliphatic carbocycles. The molecule has 3 rings (SSSR count). The lowest BCUT2D eigenvalue weighted by Crippen LogP contribution is -2.33. The van der Waals surface area contributed by atoms with E-state index in [2.05, 4.69) is 20.8 Å². The van der Waals surface area contributed by atoms with Gasteiger partial charge in [-0.1, -0.05) is 75.2 Å². The molecule has 1 aliphatic rings. The van der Waals surface area contributed by atoms with E-state index in [-0.39, 0.29) is 22.8 Å². The van der Waals surface area contributed by atoms with Gasteiger partial charge in [-0.15, -0.1) is 0 Å². The molecule has 0 bridgehead atoms. The molecule has 1 atom stereocenters. The van der Waals surface area contributed by atoms with Crippen molar-refractivity contribution in [2.45, 2.75) is 69.8 Å². The van der Waals surface area contributed by atoms with Gasteiger partial charge in [0, 0.05) is 12.3 Å². The standard InChI is InChI=1S/C24H30O3S/c1-5-6-21-20-12-11-19(13-22(20)24(3,4)14-23(21)25)16-28(26,27)15-18-9-7-17(2)8-10-18/h7-13,21H,5-6,14-16H2,1-4H3. The third-order valence-corrected chi connectivity index (χ3v) is 7.24. The van der Waals surface area contributed by atoms with E-state index in [1.165, 1.54) is 0 Å². The number of rotatable bonds is 6. The maximum atomic E-state index is 12.7. The Morgan fingerprint density at radius 1 is 1.00 bits per heavy atom. The lowest BCUT2D eigenvalue weighted by Gasteiger charge is -2.36. The molecule has 4 heteroatoms. The zero-order valence-electron chi connectivity index (χ0n) is 17.3. The van der Waals surface area contributed by atoms with Crippen molar-refractivity contribution in [1.82, 2.24) is 0 Å². The zero-order valence-corrected chi connectivity index (χ0v) is 18.1. The van der Waals surface area contributed by atoms with Crippen molar-refractivity contribution in [3.63, 3.8) is 0 Å². The number of fused-ring (bicyclic) bond motifs is 1. The quantitative estimate of drug-likeness (QED) is 0.668. The van der Waals surface area contributed by atoms with Crippen LogP contribution in [0.3, 0.4) is 0 Å². The average Bonchev–Trinajstić information content (AvgIpc) is 2.60. The highest BCUT2D eigenvalue weighted by Gasteiger charge is 2.37. The Kier molecular flexibility index (Phi) is 5.81. The van der Waals surface area contributed by atoms with Gasteiger partial charge in [-0.25, -0.2) is 8.42 Å². The average molecular weight is 399 g/mol. The van der Waals surface area contributed by atoms with E-state index in [0.29, 0.717) is 12.2 Å². The van der Waals surface area contributed by atoms with Crippen LogP contribution in [0.15, 0.2) is 42.5 Å². The van der Waals surface area contributed by atoms with E-state index in [0.717, 1.165) is 40.7 Å². The second kappa shape index (κ2) is 7.82. The summed E-state index contributed by atoms with van der Waals surface area (Å²) in [6, 6.07) is 13.5. The summed E-state index contributed by atoms with van der Waals surface area (Å²) in [7, 11) is -3.27. The van der Waals surface area contributed by atoms with Gasteiger partial charge < -0.3 is 0 Å². The molecule has 0 spiro atoms. The number of aryl methyl sites for hydroxylation is 1. The van der Waals surface area contributed by atoms with Crippen LogP contribution in [-0.2, 0) is 31.6 Å². The Balaban J connectivity index is 1.88. The molecule has 28 heavy (non-hydrogen) atoms. The van der Waals surface area contributed by atoms with Gasteiger partial charge in [-0.3, -0.25) is 4.79 Å². The van der Waals surface area contributed by atoms with Gasteiger partial charge in [0.05, 0.1) is 11.5 Å². The minimum Gasteiger partial charge on any atom is -0.299 e. The van der Waals surface area contributed by atoms with Crippen LogP contribution in [-0.4, -0.2) is 14.2 Å². The second-order valence-corrected chi connectivity index (χ2v) is 10.9. The van der Waals surface area contributed by atoms with Crippen LogP contribution in [0.25, 0.3) is 0 Å². The number of Topliss-reactive ketones (excluding diaryl/α,β-unsaturated/α-hetero) is 1. The number of hydrogen-bond donors (Lipinski definition) is 0. The van der Waals surface area contributed by atoms with E-state index >= 15 is 0 Å². The summed E-state index contributed by atoms with van der Waals surface area (Å²) in [6.07, 6.45) is 2.33. The first kappa shape index (κ1) is 20.8. The molecule has 3 nitrogen and oxygen atoms in total. The van der Waals surface area contributed by atoms with Crippen molar-refractivity contribution in [3.8, 4) is 0 Å². The van der Waals surface area contributed by atoms with Crippen LogP contribution < -0.4 is 0 Å². The maximum absolute atomic E-state index is 12.7. The fourth-order valence-corrected chi connectivity index (χ4v) is 5.75. The highest BCUT2D eigenvalue weighted by Crippen LogP contribution is 2.42. The van der Waals surface area contributed by atoms with E-state index in [9.17, 15) is 13.2 Å². The number of ketones is 1. The van der Waals surface area contributed by atoms with Crippen LogP contribution in [0.1, 0.15) is 73.8 Å². The Labute approximate surface area is 169 Å². The van der Waals surface area contributed by atoms with Crippen LogP contribution in [0, 0.1) is 6.92 Å². The summed E-state index contributed by atoms with van der Waals surface area (Å²) in [5.41, 5.74) is 4.71. The molecular weight excluding hydrogens is 368 g/mol. The molecule has 0 saturated heterocycles. The number of carbonyl (C=O) groups excluding carboxylic acids is 1. The maximum Gasteiger partial charge on any atom is 0.158 e. The lowest BCUT2D eigenvalue weighted by atomic mass is 9.67. The van der Waals surface area contributed by atoms with Gasteiger partial charge in [0.15, 0.2) is 9.84 Å². The highest BCUT2D eigenvalue weighted by molar-refractivity contribution is 7.89. The first-order chi connectivity index (χ1) is 13.1. The van der Waals surface area contributed by atoms with Crippen LogP contribution in [0.5, 0.6) is 0 Å². The molecular formula is C24H30O3S. The van der Waals surface area contributed by atoms with Gasteiger partial charge in [0.2, 0.25) is 0 Å². The van der Waals surface area contributed by atoms with Crippen molar-refractivity contribution in [2.24, 2.45) is 0 Å². The summed E-state index contributed by atoms with van der Waals surface area (Å²) in [4.78, 5) is 12.6.